The van der Waals surface area contributed by atoms with Crippen LogP contribution in [0.5, 0.6) is 5.75 Å². The summed E-state index contributed by atoms with van der Waals surface area (Å²) < 4.78 is 20.0. The van der Waals surface area contributed by atoms with Gasteiger partial charge in [0, 0.05) is 25.0 Å². The molecule has 1 unspecified atom stereocenters. The van der Waals surface area contributed by atoms with Crippen molar-refractivity contribution >= 4 is 10.9 Å². The molecule has 4 bridgehead atoms. The summed E-state index contributed by atoms with van der Waals surface area (Å²) in [5.74, 6) is 0.830. The normalized spacial score (nSPS) is 25.6. The fourth-order valence-corrected chi connectivity index (χ4v) is 4.13. The topological polar surface area (TPSA) is 76.2 Å². The van der Waals surface area contributed by atoms with Gasteiger partial charge in [-0.25, -0.2) is 4.68 Å². The SMILES string of the molecule is C[C@@H]1CCOCC[C@H](C)n2ncc(n2)-c2nn(C3CCCCO3)c3ccc(cc23)O1. The number of aromatic nitrogens is 5. The molecule has 0 N–H and O–H groups in total. The lowest BCUT2D eigenvalue weighted by molar-refractivity contribution is -0.0365. The maximum atomic E-state index is 6.17. The molecule has 8 nitrogen and oxygen atoms in total. The van der Waals surface area contributed by atoms with Crippen molar-refractivity contribution < 1.29 is 14.2 Å². The lowest BCUT2D eigenvalue weighted by atomic mass is 10.1. The first-order valence-electron chi connectivity index (χ1n) is 11.0. The van der Waals surface area contributed by atoms with Gasteiger partial charge in [-0.05, 0) is 57.7 Å². The summed E-state index contributed by atoms with van der Waals surface area (Å²) in [6.07, 6.45) is 6.75. The molecule has 160 valence electrons. The predicted octanol–water partition coefficient (Wildman–Crippen LogP) is 4.13. The van der Waals surface area contributed by atoms with Crippen molar-refractivity contribution in [2.45, 2.75) is 64.3 Å². The van der Waals surface area contributed by atoms with Gasteiger partial charge in [-0.2, -0.15) is 20.1 Å². The van der Waals surface area contributed by atoms with Crippen molar-refractivity contribution in [2.24, 2.45) is 0 Å². The van der Waals surface area contributed by atoms with Gasteiger partial charge in [0.2, 0.25) is 0 Å². The number of hydrogen-bond acceptors (Lipinski definition) is 6. The van der Waals surface area contributed by atoms with Gasteiger partial charge in [-0.1, -0.05) is 0 Å². The molecule has 0 radical (unpaired) electrons. The van der Waals surface area contributed by atoms with E-state index >= 15 is 0 Å². The maximum Gasteiger partial charge on any atom is 0.150 e. The highest BCUT2D eigenvalue weighted by Crippen LogP contribution is 2.34. The molecule has 5 rings (SSSR count). The van der Waals surface area contributed by atoms with Crippen molar-refractivity contribution in [1.29, 1.82) is 0 Å². The summed E-state index contributed by atoms with van der Waals surface area (Å²) in [4.78, 5) is 1.77. The Morgan fingerprint density at radius 2 is 1.90 bits per heavy atom. The standard InChI is InChI=1S/C22H29N5O3/c1-15-8-11-28-12-9-16(2)30-17-6-7-20-18(13-17)22(19-14-23-27(15)24-19)25-26(20)21-5-3-4-10-29-21/h6-7,13-16,21H,3-5,8-12H2,1-2H3/t15-,16+,21?/m0/s1. The molecular weight excluding hydrogens is 382 g/mol. The molecule has 0 amide bonds. The van der Waals surface area contributed by atoms with Crippen LogP contribution in [0.1, 0.15) is 58.2 Å². The van der Waals surface area contributed by atoms with Crippen molar-refractivity contribution in [1.82, 2.24) is 24.8 Å². The number of fused-ring (bicyclic) bond motifs is 4. The van der Waals surface area contributed by atoms with Crippen LogP contribution < -0.4 is 4.74 Å². The Morgan fingerprint density at radius 3 is 2.77 bits per heavy atom. The second-order valence-electron chi connectivity index (χ2n) is 8.31. The van der Waals surface area contributed by atoms with E-state index in [2.05, 4.69) is 31.1 Å². The predicted molar refractivity (Wildman–Crippen MR) is 112 cm³/mol. The van der Waals surface area contributed by atoms with Crippen molar-refractivity contribution in [3.63, 3.8) is 0 Å². The first kappa shape index (κ1) is 19.5. The van der Waals surface area contributed by atoms with Crippen LogP contribution in [0.2, 0.25) is 0 Å². The lowest BCUT2D eigenvalue weighted by Gasteiger charge is -2.23. The zero-order valence-corrected chi connectivity index (χ0v) is 17.7. The van der Waals surface area contributed by atoms with E-state index < -0.39 is 0 Å². The third-order valence-corrected chi connectivity index (χ3v) is 5.94. The van der Waals surface area contributed by atoms with Gasteiger partial charge >= 0.3 is 0 Å². The smallest absolute Gasteiger partial charge is 0.150 e. The molecule has 1 fully saturated rings. The summed E-state index contributed by atoms with van der Waals surface area (Å²) in [7, 11) is 0. The molecule has 0 aliphatic carbocycles. The molecule has 3 aromatic rings. The zero-order chi connectivity index (χ0) is 20.5. The molecule has 1 aromatic carbocycles. The van der Waals surface area contributed by atoms with Crippen LogP contribution in [0.4, 0.5) is 0 Å². The highest BCUT2D eigenvalue weighted by Gasteiger charge is 2.24. The van der Waals surface area contributed by atoms with Crippen LogP contribution in [0, 0.1) is 0 Å². The number of ether oxygens (including phenoxy) is 3. The Morgan fingerprint density at radius 1 is 1.00 bits per heavy atom. The van der Waals surface area contributed by atoms with Gasteiger partial charge in [-0.15, -0.1) is 0 Å². The summed E-state index contributed by atoms with van der Waals surface area (Å²) >= 11 is 0. The van der Waals surface area contributed by atoms with Crippen molar-refractivity contribution in [3.05, 3.63) is 24.4 Å². The first-order valence-corrected chi connectivity index (χ1v) is 11.0. The largest absolute Gasteiger partial charge is 0.491 e. The zero-order valence-electron chi connectivity index (χ0n) is 17.7. The molecule has 3 atom stereocenters. The van der Waals surface area contributed by atoms with Crippen molar-refractivity contribution in [2.75, 3.05) is 19.8 Å². The summed E-state index contributed by atoms with van der Waals surface area (Å²) in [5, 5.41) is 15.2. The molecule has 2 aliphatic heterocycles. The average Bonchev–Trinajstić information content (AvgIpc) is 3.38. The molecule has 2 aromatic heterocycles. The number of benzene rings is 1. The molecule has 0 saturated carbocycles. The molecule has 4 heterocycles. The van der Waals surface area contributed by atoms with Gasteiger partial charge in [-0.3, -0.25) is 0 Å². The molecular formula is C22H29N5O3. The van der Waals surface area contributed by atoms with Gasteiger partial charge < -0.3 is 14.2 Å². The van der Waals surface area contributed by atoms with Crippen molar-refractivity contribution in [3.8, 4) is 17.1 Å². The molecule has 0 spiro atoms. The minimum absolute atomic E-state index is 0.0441. The fraction of sp³-hybridized carbons (Fsp3) is 0.591. The van der Waals surface area contributed by atoms with E-state index in [1.165, 1.54) is 0 Å². The molecule has 2 aliphatic rings. The van der Waals surface area contributed by atoms with Crippen LogP contribution in [0.25, 0.3) is 22.3 Å². The highest BCUT2D eigenvalue weighted by atomic mass is 16.5. The number of nitrogens with zero attached hydrogens (tertiary/aromatic N) is 5. The lowest BCUT2D eigenvalue weighted by Crippen LogP contribution is -2.19. The fourth-order valence-electron chi connectivity index (χ4n) is 4.13. The Kier molecular flexibility index (Phi) is 5.43. The third-order valence-electron chi connectivity index (χ3n) is 5.94. The Balaban J connectivity index is 1.61. The molecule has 8 heteroatoms. The van der Waals surface area contributed by atoms with Crippen LogP contribution in [0.3, 0.4) is 0 Å². The van der Waals surface area contributed by atoms with Crippen LogP contribution >= 0.6 is 0 Å². The van der Waals surface area contributed by atoms with Crippen LogP contribution in [0.15, 0.2) is 24.4 Å². The van der Waals surface area contributed by atoms with E-state index in [1.54, 1.807) is 11.0 Å². The van der Waals surface area contributed by atoms with E-state index in [-0.39, 0.29) is 18.4 Å². The monoisotopic (exact) mass is 411 g/mol. The summed E-state index contributed by atoms with van der Waals surface area (Å²) in [5.41, 5.74) is 2.62. The average molecular weight is 412 g/mol. The summed E-state index contributed by atoms with van der Waals surface area (Å²) in [6, 6.07) is 6.31. The van der Waals surface area contributed by atoms with Crippen LogP contribution in [-0.2, 0) is 9.47 Å². The Hall–Kier alpha value is -2.45. The Bertz CT molecular complexity index is 1010. The van der Waals surface area contributed by atoms with Gasteiger partial charge in [0.15, 0.2) is 6.23 Å². The first-order chi connectivity index (χ1) is 14.7. The highest BCUT2D eigenvalue weighted by molar-refractivity contribution is 5.93. The molecule has 1 saturated heterocycles. The second-order valence-corrected chi connectivity index (χ2v) is 8.31. The third kappa shape index (κ3) is 3.81. The van der Waals surface area contributed by atoms with Gasteiger partial charge in [0.25, 0.3) is 0 Å². The number of rotatable bonds is 1. The van der Waals surface area contributed by atoms with E-state index in [9.17, 15) is 0 Å². The quantitative estimate of drug-likeness (QED) is 0.599. The Labute approximate surface area is 176 Å². The second kappa shape index (κ2) is 8.35. The van der Waals surface area contributed by atoms with E-state index in [0.717, 1.165) is 66.8 Å². The minimum Gasteiger partial charge on any atom is -0.491 e. The van der Waals surface area contributed by atoms with Gasteiger partial charge in [0.05, 0.1) is 30.5 Å². The maximum absolute atomic E-state index is 6.17. The summed E-state index contributed by atoms with van der Waals surface area (Å²) in [6.45, 7) is 6.32. The molecule has 30 heavy (non-hydrogen) atoms. The minimum atomic E-state index is -0.0441. The van der Waals surface area contributed by atoms with E-state index in [4.69, 9.17) is 24.4 Å². The van der Waals surface area contributed by atoms with Crippen LogP contribution in [-0.4, -0.2) is 50.7 Å². The van der Waals surface area contributed by atoms with E-state index in [0.29, 0.717) is 13.2 Å². The number of hydrogen-bond donors (Lipinski definition) is 0. The van der Waals surface area contributed by atoms with Gasteiger partial charge in [0.1, 0.15) is 17.1 Å². The van der Waals surface area contributed by atoms with E-state index in [1.807, 2.05) is 10.7 Å².